The summed E-state index contributed by atoms with van der Waals surface area (Å²) in [5, 5.41) is 9.24. The lowest BCUT2D eigenvalue weighted by atomic mass is 10.1. The highest BCUT2D eigenvalue weighted by Crippen LogP contribution is 2.37. The summed E-state index contributed by atoms with van der Waals surface area (Å²) < 4.78 is 11.2. The molecule has 0 saturated heterocycles. The van der Waals surface area contributed by atoms with Crippen LogP contribution in [-0.2, 0) is 11.2 Å². The highest BCUT2D eigenvalue weighted by atomic mass is 35.5. The lowest BCUT2D eigenvalue weighted by Gasteiger charge is -2.17. The van der Waals surface area contributed by atoms with Gasteiger partial charge in [0.1, 0.15) is 16.5 Å². The summed E-state index contributed by atoms with van der Waals surface area (Å²) in [7, 11) is 0. The van der Waals surface area contributed by atoms with Gasteiger partial charge in [-0.1, -0.05) is 11.6 Å². The van der Waals surface area contributed by atoms with Gasteiger partial charge in [-0.25, -0.2) is 0 Å². The van der Waals surface area contributed by atoms with Gasteiger partial charge in [-0.05, 0) is 45.4 Å². The van der Waals surface area contributed by atoms with Crippen molar-refractivity contribution in [2.75, 3.05) is 0 Å². The van der Waals surface area contributed by atoms with E-state index in [1.165, 1.54) is 0 Å². The monoisotopic (exact) mass is 286 g/mol. The van der Waals surface area contributed by atoms with Crippen molar-refractivity contribution in [3.8, 4) is 11.5 Å². The zero-order valence-electron chi connectivity index (χ0n) is 11.6. The van der Waals surface area contributed by atoms with Gasteiger partial charge < -0.3 is 14.6 Å². The van der Waals surface area contributed by atoms with Gasteiger partial charge in [-0.2, -0.15) is 0 Å². The van der Waals surface area contributed by atoms with E-state index in [-0.39, 0.29) is 18.6 Å². The molecule has 0 aliphatic heterocycles. The molecule has 1 aromatic rings. The highest BCUT2D eigenvalue weighted by Gasteiger charge is 2.15. The van der Waals surface area contributed by atoms with Crippen molar-refractivity contribution < 1.29 is 19.4 Å². The molecule has 0 aromatic heterocycles. The van der Waals surface area contributed by atoms with Crippen LogP contribution in [0.3, 0.4) is 0 Å². The lowest BCUT2D eigenvalue weighted by molar-refractivity contribution is -0.136. The van der Waals surface area contributed by atoms with E-state index in [0.29, 0.717) is 22.1 Å². The van der Waals surface area contributed by atoms with Crippen LogP contribution in [0.15, 0.2) is 12.1 Å². The first-order valence-corrected chi connectivity index (χ1v) is 6.55. The van der Waals surface area contributed by atoms with Crippen LogP contribution in [0.4, 0.5) is 0 Å². The van der Waals surface area contributed by atoms with Crippen LogP contribution in [-0.4, -0.2) is 23.3 Å². The third kappa shape index (κ3) is 4.99. The Hall–Kier alpha value is -1.42. The van der Waals surface area contributed by atoms with Crippen molar-refractivity contribution in [2.45, 2.75) is 46.3 Å². The largest absolute Gasteiger partial charge is 0.489 e. The van der Waals surface area contributed by atoms with Crippen molar-refractivity contribution in [2.24, 2.45) is 0 Å². The molecule has 0 aliphatic rings. The number of rotatable bonds is 6. The molecule has 0 saturated carbocycles. The lowest BCUT2D eigenvalue weighted by Crippen LogP contribution is -2.10. The van der Waals surface area contributed by atoms with E-state index in [0.717, 1.165) is 0 Å². The van der Waals surface area contributed by atoms with Crippen molar-refractivity contribution >= 4 is 17.6 Å². The summed E-state index contributed by atoms with van der Waals surface area (Å²) in [6.07, 6.45) is -0.200. The molecule has 0 unspecified atom stereocenters. The zero-order valence-corrected chi connectivity index (χ0v) is 12.3. The Morgan fingerprint density at radius 3 is 1.89 bits per heavy atom. The van der Waals surface area contributed by atoms with Crippen LogP contribution in [0.5, 0.6) is 11.5 Å². The number of hydrogen-bond donors (Lipinski definition) is 1. The molecular weight excluding hydrogens is 268 g/mol. The maximum absolute atomic E-state index is 10.8. The van der Waals surface area contributed by atoms with Crippen molar-refractivity contribution in [1.29, 1.82) is 0 Å². The van der Waals surface area contributed by atoms with Crippen LogP contribution in [0, 0.1) is 0 Å². The fourth-order valence-electron chi connectivity index (χ4n) is 1.58. The molecule has 1 aromatic carbocycles. The van der Waals surface area contributed by atoms with Crippen LogP contribution in [0.25, 0.3) is 0 Å². The Kier molecular flexibility index (Phi) is 5.48. The molecule has 5 heteroatoms. The number of hydrogen-bond acceptors (Lipinski definition) is 3. The zero-order chi connectivity index (χ0) is 14.6. The third-order valence-corrected chi connectivity index (χ3v) is 2.52. The molecule has 0 amide bonds. The summed E-state index contributed by atoms with van der Waals surface area (Å²) in [5.41, 5.74) is 0.600. The number of benzene rings is 1. The Balaban J connectivity index is 3.17. The Morgan fingerprint density at radius 2 is 1.58 bits per heavy atom. The molecule has 0 atom stereocenters. The van der Waals surface area contributed by atoms with Gasteiger partial charge in [0, 0.05) is 0 Å². The number of carboxylic acid groups (broad SMARTS) is 1. The van der Waals surface area contributed by atoms with Gasteiger partial charge in [0.05, 0.1) is 18.6 Å². The average molecular weight is 287 g/mol. The standard InChI is InChI=1S/C14H19ClO4/c1-8(2)18-11-5-10(7-13(16)17)6-12(14(11)15)19-9(3)4/h5-6,8-9H,7H2,1-4H3,(H,16,17). The predicted octanol–water partition coefficient (Wildman–Crippen LogP) is 3.54. The number of carbonyl (C=O) groups is 1. The van der Waals surface area contributed by atoms with E-state index >= 15 is 0 Å². The van der Waals surface area contributed by atoms with Crippen LogP contribution in [0.1, 0.15) is 33.3 Å². The molecule has 1 N–H and O–H groups in total. The van der Waals surface area contributed by atoms with Gasteiger partial charge in [-0.15, -0.1) is 0 Å². The Labute approximate surface area is 118 Å². The van der Waals surface area contributed by atoms with Gasteiger partial charge in [-0.3, -0.25) is 4.79 Å². The minimum atomic E-state index is -0.909. The maximum atomic E-state index is 10.8. The summed E-state index contributed by atoms with van der Waals surface area (Å²) >= 11 is 6.21. The molecule has 0 heterocycles. The SMILES string of the molecule is CC(C)Oc1cc(CC(=O)O)cc(OC(C)C)c1Cl. The summed E-state index contributed by atoms with van der Waals surface area (Å²) in [6, 6.07) is 3.28. The third-order valence-electron chi connectivity index (χ3n) is 2.15. The van der Waals surface area contributed by atoms with Gasteiger partial charge in [0.15, 0.2) is 0 Å². The van der Waals surface area contributed by atoms with Crippen molar-refractivity contribution in [3.63, 3.8) is 0 Å². The van der Waals surface area contributed by atoms with Crippen LogP contribution < -0.4 is 9.47 Å². The number of aliphatic carboxylic acids is 1. The van der Waals surface area contributed by atoms with E-state index in [4.69, 9.17) is 26.2 Å². The normalized spacial score (nSPS) is 10.9. The van der Waals surface area contributed by atoms with Crippen molar-refractivity contribution in [1.82, 2.24) is 0 Å². The van der Waals surface area contributed by atoms with E-state index in [1.807, 2.05) is 27.7 Å². The molecule has 19 heavy (non-hydrogen) atoms. The molecule has 0 aliphatic carbocycles. The van der Waals surface area contributed by atoms with E-state index in [1.54, 1.807) is 12.1 Å². The molecule has 4 nitrogen and oxygen atoms in total. The molecule has 106 valence electrons. The first kappa shape index (κ1) is 15.6. The first-order valence-electron chi connectivity index (χ1n) is 6.17. The first-order chi connectivity index (χ1) is 8.79. The molecule has 0 bridgehead atoms. The molecular formula is C14H19ClO4. The van der Waals surface area contributed by atoms with E-state index in [9.17, 15) is 4.79 Å². The molecule has 0 radical (unpaired) electrons. The van der Waals surface area contributed by atoms with Gasteiger partial charge in [0.2, 0.25) is 0 Å². The summed E-state index contributed by atoms with van der Waals surface area (Å²) in [6.45, 7) is 7.51. The van der Waals surface area contributed by atoms with E-state index < -0.39 is 5.97 Å². The second-order valence-corrected chi connectivity index (χ2v) is 5.19. The summed E-state index contributed by atoms with van der Waals surface area (Å²) in [4.78, 5) is 10.8. The highest BCUT2D eigenvalue weighted by molar-refractivity contribution is 6.33. The second-order valence-electron chi connectivity index (χ2n) is 4.81. The molecule has 1 rings (SSSR count). The second kappa shape index (κ2) is 6.66. The van der Waals surface area contributed by atoms with Crippen LogP contribution >= 0.6 is 11.6 Å². The van der Waals surface area contributed by atoms with Crippen LogP contribution in [0.2, 0.25) is 5.02 Å². The number of carboxylic acids is 1. The van der Waals surface area contributed by atoms with Crippen molar-refractivity contribution in [3.05, 3.63) is 22.7 Å². The maximum Gasteiger partial charge on any atom is 0.307 e. The number of halogens is 1. The Bertz CT molecular complexity index is 424. The molecule has 0 spiro atoms. The Morgan fingerprint density at radius 1 is 1.16 bits per heavy atom. The minimum absolute atomic E-state index is 0.0514. The quantitative estimate of drug-likeness (QED) is 0.869. The van der Waals surface area contributed by atoms with Gasteiger partial charge >= 0.3 is 5.97 Å². The smallest absolute Gasteiger partial charge is 0.307 e. The average Bonchev–Trinajstić information content (AvgIpc) is 2.22. The fourth-order valence-corrected chi connectivity index (χ4v) is 1.78. The predicted molar refractivity (Wildman–Crippen MR) is 74.3 cm³/mol. The topological polar surface area (TPSA) is 55.8 Å². The molecule has 0 fully saturated rings. The van der Waals surface area contributed by atoms with E-state index in [2.05, 4.69) is 0 Å². The fraction of sp³-hybridized carbons (Fsp3) is 0.500. The minimum Gasteiger partial charge on any atom is -0.489 e. The number of ether oxygens (including phenoxy) is 2. The van der Waals surface area contributed by atoms with Gasteiger partial charge in [0.25, 0.3) is 0 Å². The summed E-state index contributed by atoms with van der Waals surface area (Å²) in [5.74, 6) is -0.00884.